The summed E-state index contributed by atoms with van der Waals surface area (Å²) >= 11 is 3.14. The minimum atomic E-state index is -0.679. The van der Waals surface area contributed by atoms with Gasteiger partial charge in [-0.1, -0.05) is 0 Å². The average Bonchev–Trinajstić information content (AvgIpc) is 2.97. The lowest BCUT2D eigenvalue weighted by Crippen LogP contribution is -2.20. The molecule has 24 heavy (non-hydrogen) atoms. The molecule has 2 amide bonds. The number of hydrogen-bond acceptors (Lipinski definition) is 5. The molecule has 1 aromatic heterocycles. The smallest absolute Gasteiger partial charge is 0.331 e. The zero-order valence-electron chi connectivity index (χ0n) is 12.3. The lowest BCUT2D eigenvalue weighted by atomic mass is 10.2. The van der Waals surface area contributed by atoms with Gasteiger partial charge in [0.15, 0.2) is 11.3 Å². The van der Waals surface area contributed by atoms with Crippen LogP contribution >= 0.6 is 15.9 Å². The quantitative estimate of drug-likeness (QED) is 0.578. The van der Waals surface area contributed by atoms with Gasteiger partial charge in [-0.05, 0) is 58.4 Å². The Morgan fingerprint density at radius 1 is 1.17 bits per heavy atom. The van der Waals surface area contributed by atoms with E-state index in [0.29, 0.717) is 21.7 Å². The average molecular weight is 393 g/mol. The number of nitrogens with two attached hydrogens (primary N) is 1. The maximum absolute atomic E-state index is 11.7. The Labute approximate surface area is 145 Å². The van der Waals surface area contributed by atoms with Crippen LogP contribution in [-0.4, -0.2) is 24.4 Å². The largest absolute Gasteiger partial charge is 0.452 e. The number of furan rings is 1. The lowest BCUT2D eigenvalue weighted by Gasteiger charge is -2.05. The maximum Gasteiger partial charge on any atom is 0.331 e. The van der Waals surface area contributed by atoms with Crippen LogP contribution < -0.4 is 11.1 Å². The number of nitrogens with one attached hydrogen (secondary N) is 1. The van der Waals surface area contributed by atoms with Crippen molar-refractivity contribution in [3.8, 4) is 0 Å². The highest BCUT2D eigenvalue weighted by atomic mass is 79.9. The van der Waals surface area contributed by atoms with Crippen molar-refractivity contribution in [1.82, 2.24) is 0 Å². The fourth-order valence-electron chi connectivity index (χ4n) is 1.67. The van der Waals surface area contributed by atoms with E-state index in [0.717, 1.165) is 6.08 Å². The van der Waals surface area contributed by atoms with Gasteiger partial charge >= 0.3 is 5.97 Å². The van der Waals surface area contributed by atoms with Crippen molar-refractivity contribution in [3.05, 3.63) is 58.5 Å². The fourth-order valence-corrected chi connectivity index (χ4v) is 1.99. The second-order valence-electron chi connectivity index (χ2n) is 4.57. The molecule has 1 aromatic carbocycles. The Morgan fingerprint density at radius 2 is 1.88 bits per heavy atom. The highest BCUT2D eigenvalue weighted by Gasteiger charge is 2.07. The molecular weight excluding hydrogens is 380 g/mol. The molecule has 0 aliphatic heterocycles. The molecule has 0 fully saturated rings. The molecule has 0 aliphatic carbocycles. The highest BCUT2D eigenvalue weighted by Crippen LogP contribution is 2.15. The van der Waals surface area contributed by atoms with Crippen LogP contribution in [0.3, 0.4) is 0 Å². The van der Waals surface area contributed by atoms with Gasteiger partial charge in [0, 0.05) is 17.3 Å². The van der Waals surface area contributed by atoms with E-state index in [-0.39, 0.29) is 0 Å². The number of amides is 2. The van der Waals surface area contributed by atoms with Crippen molar-refractivity contribution in [1.29, 1.82) is 0 Å². The van der Waals surface area contributed by atoms with E-state index in [2.05, 4.69) is 21.2 Å². The number of hydrogen-bond donors (Lipinski definition) is 2. The fraction of sp³-hybridized carbons (Fsp3) is 0.0625. The van der Waals surface area contributed by atoms with Gasteiger partial charge in [0.1, 0.15) is 5.76 Å². The Morgan fingerprint density at radius 3 is 2.46 bits per heavy atom. The number of ether oxygens (including phenoxy) is 1. The summed E-state index contributed by atoms with van der Waals surface area (Å²) in [7, 11) is 0. The summed E-state index contributed by atoms with van der Waals surface area (Å²) in [6, 6.07) is 9.35. The van der Waals surface area contributed by atoms with E-state index in [1.165, 1.54) is 30.3 Å². The van der Waals surface area contributed by atoms with Crippen LogP contribution in [-0.2, 0) is 14.3 Å². The SMILES string of the molecule is NC(=O)c1ccc(NC(=O)COC(=O)/C=C/c2ccc(Br)o2)cc1. The predicted molar refractivity (Wildman–Crippen MR) is 90.0 cm³/mol. The zero-order chi connectivity index (χ0) is 17.5. The van der Waals surface area contributed by atoms with Crippen LogP contribution in [0.4, 0.5) is 5.69 Å². The first-order valence-corrected chi connectivity index (χ1v) is 7.53. The summed E-state index contributed by atoms with van der Waals surface area (Å²) in [5.41, 5.74) is 5.90. The van der Waals surface area contributed by atoms with Crippen LogP contribution in [0.25, 0.3) is 6.08 Å². The van der Waals surface area contributed by atoms with E-state index in [1.807, 2.05) is 0 Å². The number of carbonyl (C=O) groups excluding carboxylic acids is 3. The van der Waals surface area contributed by atoms with Crippen molar-refractivity contribution in [2.24, 2.45) is 5.73 Å². The van der Waals surface area contributed by atoms with Gasteiger partial charge in [-0.25, -0.2) is 4.79 Å². The van der Waals surface area contributed by atoms with Gasteiger partial charge in [0.05, 0.1) is 0 Å². The molecule has 0 spiro atoms. The van der Waals surface area contributed by atoms with E-state index in [4.69, 9.17) is 14.9 Å². The van der Waals surface area contributed by atoms with Gasteiger partial charge in [0.25, 0.3) is 5.91 Å². The van der Waals surface area contributed by atoms with E-state index in [1.54, 1.807) is 12.1 Å². The van der Waals surface area contributed by atoms with Crippen molar-refractivity contribution >= 4 is 45.5 Å². The molecular formula is C16H13BrN2O5. The molecule has 0 unspecified atom stereocenters. The molecule has 2 aromatic rings. The molecule has 0 atom stereocenters. The second kappa shape index (κ2) is 8.11. The Balaban J connectivity index is 1.79. The number of halogens is 1. The number of primary amides is 1. The van der Waals surface area contributed by atoms with Crippen LogP contribution in [0.15, 0.2) is 51.6 Å². The minimum Gasteiger partial charge on any atom is -0.452 e. The van der Waals surface area contributed by atoms with Crippen LogP contribution in [0.2, 0.25) is 0 Å². The molecule has 7 nitrogen and oxygen atoms in total. The van der Waals surface area contributed by atoms with Crippen molar-refractivity contribution in [3.63, 3.8) is 0 Å². The summed E-state index contributed by atoms with van der Waals surface area (Å²) in [6.07, 6.45) is 2.58. The van der Waals surface area contributed by atoms with Crippen molar-refractivity contribution in [2.75, 3.05) is 11.9 Å². The standard InChI is InChI=1S/C16H13BrN2O5/c17-13-7-5-12(24-13)6-8-15(21)23-9-14(20)19-11-3-1-10(2-4-11)16(18)22/h1-8H,9H2,(H2,18,22)(H,19,20)/b8-6+. The van der Waals surface area contributed by atoms with E-state index >= 15 is 0 Å². The lowest BCUT2D eigenvalue weighted by molar-refractivity contribution is -0.142. The predicted octanol–water partition coefficient (Wildman–Crippen LogP) is 2.34. The van der Waals surface area contributed by atoms with Crippen molar-refractivity contribution in [2.45, 2.75) is 0 Å². The van der Waals surface area contributed by atoms with Gasteiger partial charge in [0.2, 0.25) is 5.91 Å². The highest BCUT2D eigenvalue weighted by molar-refractivity contribution is 9.10. The molecule has 8 heteroatoms. The molecule has 0 saturated heterocycles. The summed E-state index contributed by atoms with van der Waals surface area (Å²) in [5.74, 6) is -1.28. The summed E-state index contributed by atoms with van der Waals surface area (Å²) in [6.45, 7) is -0.442. The third-order valence-corrected chi connectivity index (χ3v) is 3.20. The second-order valence-corrected chi connectivity index (χ2v) is 5.35. The summed E-state index contributed by atoms with van der Waals surface area (Å²) in [5, 5.41) is 2.52. The first kappa shape index (κ1) is 17.5. The normalized spacial score (nSPS) is 10.5. The first-order chi connectivity index (χ1) is 11.4. The molecule has 2 rings (SSSR count). The number of carbonyl (C=O) groups is 3. The Bertz CT molecular complexity index is 780. The van der Waals surface area contributed by atoms with Gasteiger partial charge in [-0.15, -0.1) is 0 Å². The topological polar surface area (TPSA) is 112 Å². The van der Waals surface area contributed by atoms with Crippen LogP contribution in [0.5, 0.6) is 0 Å². The first-order valence-electron chi connectivity index (χ1n) is 6.74. The molecule has 3 N–H and O–H groups in total. The van der Waals surface area contributed by atoms with Gasteiger partial charge in [-0.2, -0.15) is 0 Å². The molecule has 0 bridgehead atoms. The number of rotatable bonds is 6. The maximum atomic E-state index is 11.7. The molecule has 0 aliphatic rings. The van der Waals surface area contributed by atoms with Crippen LogP contribution in [0, 0.1) is 0 Å². The molecule has 0 radical (unpaired) electrons. The molecule has 124 valence electrons. The number of anilines is 1. The zero-order valence-corrected chi connectivity index (χ0v) is 13.9. The third-order valence-electron chi connectivity index (χ3n) is 2.78. The molecule has 0 saturated carbocycles. The van der Waals surface area contributed by atoms with E-state index < -0.39 is 24.4 Å². The number of esters is 1. The molecule has 1 heterocycles. The van der Waals surface area contributed by atoms with Gasteiger partial charge in [-0.3, -0.25) is 9.59 Å². The monoisotopic (exact) mass is 392 g/mol. The Hall–Kier alpha value is -2.87. The van der Waals surface area contributed by atoms with Gasteiger partial charge < -0.3 is 20.2 Å². The third kappa shape index (κ3) is 5.40. The van der Waals surface area contributed by atoms with Crippen LogP contribution in [0.1, 0.15) is 16.1 Å². The summed E-state index contributed by atoms with van der Waals surface area (Å²) < 4.78 is 10.5. The number of benzene rings is 1. The summed E-state index contributed by atoms with van der Waals surface area (Å²) in [4.78, 5) is 34.1. The van der Waals surface area contributed by atoms with Crippen molar-refractivity contribution < 1.29 is 23.5 Å². The van der Waals surface area contributed by atoms with E-state index in [9.17, 15) is 14.4 Å². The Kier molecular flexibility index (Phi) is 5.91. The minimum absolute atomic E-state index is 0.328.